The molecule has 1 N–H and O–H groups in total. The van der Waals surface area contributed by atoms with Crippen molar-refractivity contribution in [2.75, 3.05) is 20.1 Å². The Kier molecular flexibility index (Phi) is 6.31. The van der Waals surface area contributed by atoms with E-state index in [0.29, 0.717) is 6.04 Å². The second-order valence-electron chi connectivity index (χ2n) is 7.07. The van der Waals surface area contributed by atoms with Crippen molar-refractivity contribution in [2.24, 2.45) is 17.8 Å². The van der Waals surface area contributed by atoms with Gasteiger partial charge in [0.1, 0.15) is 0 Å². The van der Waals surface area contributed by atoms with Gasteiger partial charge in [-0.1, -0.05) is 20.8 Å². The molecule has 1 aliphatic rings. The summed E-state index contributed by atoms with van der Waals surface area (Å²) in [6.07, 6.45) is 7.71. The maximum absolute atomic E-state index is 5.17. The third-order valence-electron chi connectivity index (χ3n) is 5.01. The number of nitrogens with zero attached hydrogens (tertiary/aromatic N) is 1. The molecule has 1 fully saturated rings. The average molecular weight is 292 g/mol. The summed E-state index contributed by atoms with van der Waals surface area (Å²) in [5.41, 5.74) is 1.27. The molecule has 0 bridgehead atoms. The van der Waals surface area contributed by atoms with Crippen LogP contribution in [0.15, 0.2) is 23.0 Å². The van der Waals surface area contributed by atoms with Gasteiger partial charge in [0.05, 0.1) is 12.5 Å². The summed E-state index contributed by atoms with van der Waals surface area (Å²) < 4.78 is 5.17. The van der Waals surface area contributed by atoms with E-state index in [1.807, 2.05) is 6.26 Å². The molecule has 0 amide bonds. The van der Waals surface area contributed by atoms with E-state index in [9.17, 15) is 0 Å². The zero-order valence-electron chi connectivity index (χ0n) is 14.1. The van der Waals surface area contributed by atoms with Crippen LogP contribution in [0.25, 0.3) is 0 Å². The Morgan fingerprint density at radius 2 is 2.19 bits per heavy atom. The number of hydrogen-bond acceptors (Lipinski definition) is 3. The van der Waals surface area contributed by atoms with Gasteiger partial charge in [-0.2, -0.15) is 0 Å². The number of furan rings is 1. The summed E-state index contributed by atoms with van der Waals surface area (Å²) in [6, 6.07) is 2.76. The SMILES string of the molecule is CCNC1CCC(C(C)C)CC1CN(C)Cc1ccoc1. The van der Waals surface area contributed by atoms with Gasteiger partial charge in [-0.25, -0.2) is 0 Å². The largest absolute Gasteiger partial charge is 0.472 e. The molecule has 120 valence electrons. The zero-order chi connectivity index (χ0) is 15.2. The van der Waals surface area contributed by atoms with E-state index >= 15 is 0 Å². The first-order chi connectivity index (χ1) is 10.1. The van der Waals surface area contributed by atoms with Crippen molar-refractivity contribution < 1.29 is 4.42 Å². The van der Waals surface area contributed by atoms with Crippen molar-refractivity contribution in [1.82, 2.24) is 10.2 Å². The second kappa shape index (κ2) is 8.00. The van der Waals surface area contributed by atoms with Gasteiger partial charge in [-0.15, -0.1) is 0 Å². The van der Waals surface area contributed by atoms with Gasteiger partial charge < -0.3 is 14.6 Å². The molecule has 3 atom stereocenters. The Labute approximate surface area is 130 Å². The van der Waals surface area contributed by atoms with Gasteiger partial charge in [-0.3, -0.25) is 0 Å². The quantitative estimate of drug-likeness (QED) is 0.829. The summed E-state index contributed by atoms with van der Waals surface area (Å²) in [7, 11) is 2.23. The van der Waals surface area contributed by atoms with Gasteiger partial charge in [0.2, 0.25) is 0 Å². The highest BCUT2D eigenvalue weighted by Crippen LogP contribution is 2.34. The molecular formula is C18H32N2O. The maximum atomic E-state index is 5.17. The van der Waals surface area contributed by atoms with Gasteiger partial charge in [0, 0.05) is 24.7 Å². The minimum Gasteiger partial charge on any atom is -0.472 e. The predicted octanol–water partition coefficient (Wildman–Crippen LogP) is 3.76. The molecule has 0 radical (unpaired) electrons. The molecule has 0 aromatic carbocycles. The molecule has 3 nitrogen and oxygen atoms in total. The molecule has 3 unspecified atom stereocenters. The molecule has 1 aromatic rings. The third-order valence-corrected chi connectivity index (χ3v) is 5.01. The van der Waals surface area contributed by atoms with Crippen LogP contribution in [-0.4, -0.2) is 31.1 Å². The van der Waals surface area contributed by atoms with Gasteiger partial charge in [0.15, 0.2) is 0 Å². The van der Waals surface area contributed by atoms with Crippen LogP contribution in [0.1, 0.15) is 45.6 Å². The summed E-state index contributed by atoms with van der Waals surface area (Å²) in [4.78, 5) is 2.45. The summed E-state index contributed by atoms with van der Waals surface area (Å²) >= 11 is 0. The lowest BCUT2D eigenvalue weighted by atomic mass is 9.73. The lowest BCUT2D eigenvalue weighted by Crippen LogP contribution is -2.45. The van der Waals surface area contributed by atoms with Crippen LogP contribution in [0.4, 0.5) is 0 Å². The maximum Gasteiger partial charge on any atom is 0.0947 e. The van der Waals surface area contributed by atoms with Crippen LogP contribution in [0.3, 0.4) is 0 Å². The smallest absolute Gasteiger partial charge is 0.0947 e. The monoisotopic (exact) mass is 292 g/mol. The Bertz CT molecular complexity index is 388. The summed E-state index contributed by atoms with van der Waals surface area (Å²) in [6.45, 7) is 10.2. The number of rotatable bonds is 7. The first kappa shape index (κ1) is 16.6. The highest BCUT2D eigenvalue weighted by molar-refractivity contribution is 5.04. The molecule has 1 aromatic heterocycles. The molecule has 0 spiro atoms. The van der Waals surface area contributed by atoms with E-state index in [4.69, 9.17) is 4.42 Å². The Morgan fingerprint density at radius 1 is 1.38 bits per heavy atom. The van der Waals surface area contributed by atoms with E-state index in [1.165, 1.54) is 31.4 Å². The number of hydrogen-bond donors (Lipinski definition) is 1. The fraction of sp³-hybridized carbons (Fsp3) is 0.778. The highest BCUT2D eigenvalue weighted by Gasteiger charge is 2.31. The second-order valence-corrected chi connectivity index (χ2v) is 7.07. The first-order valence-corrected chi connectivity index (χ1v) is 8.53. The molecule has 2 rings (SSSR count). The van der Waals surface area contributed by atoms with Crippen molar-refractivity contribution in [1.29, 1.82) is 0 Å². The standard InChI is InChI=1S/C18H32N2O/c1-5-19-18-7-6-16(14(2)3)10-17(18)12-20(4)11-15-8-9-21-13-15/h8-9,13-14,16-19H,5-7,10-12H2,1-4H3. The molecular weight excluding hydrogens is 260 g/mol. The van der Waals surface area contributed by atoms with Crippen LogP contribution in [0.5, 0.6) is 0 Å². The zero-order valence-corrected chi connectivity index (χ0v) is 14.1. The molecule has 3 heteroatoms. The lowest BCUT2D eigenvalue weighted by Gasteiger charge is -2.40. The Hall–Kier alpha value is -0.800. The summed E-state index contributed by atoms with van der Waals surface area (Å²) in [5.74, 6) is 2.48. The molecule has 0 aliphatic heterocycles. The number of nitrogens with one attached hydrogen (secondary N) is 1. The van der Waals surface area contributed by atoms with Crippen molar-refractivity contribution in [3.63, 3.8) is 0 Å². The van der Waals surface area contributed by atoms with Gasteiger partial charge in [0.25, 0.3) is 0 Å². The van der Waals surface area contributed by atoms with Gasteiger partial charge in [-0.05, 0) is 56.7 Å². The molecule has 1 saturated carbocycles. The van der Waals surface area contributed by atoms with Crippen molar-refractivity contribution in [2.45, 2.75) is 52.6 Å². The van der Waals surface area contributed by atoms with Crippen molar-refractivity contribution in [3.05, 3.63) is 24.2 Å². The van der Waals surface area contributed by atoms with Crippen molar-refractivity contribution >= 4 is 0 Å². The van der Waals surface area contributed by atoms with Crippen LogP contribution >= 0.6 is 0 Å². The fourth-order valence-corrected chi connectivity index (χ4v) is 3.80. The van der Waals surface area contributed by atoms with Crippen molar-refractivity contribution in [3.8, 4) is 0 Å². The van der Waals surface area contributed by atoms with E-state index in [2.05, 4.69) is 44.1 Å². The molecule has 1 aliphatic carbocycles. The van der Waals surface area contributed by atoms with E-state index < -0.39 is 0 Å². The highest BCUT2D eigenvalue weighted by atomic mass is 16.3. The predicted molar refractivity (Wildman–Crippen MR) is 88.2 cm³/mol. The molecule has 1 heterocycles. The minimum absolute atomic E-state index is 0.691. The minimum atomic E-state index is 0.691. The average Bonchev–Trinajstić information content (AvgIpc) is 2.93. The molecule has 0 saturated heterocycles. The fourth-order valence-electron chi connectivity index (χ4n) is 3.80. The van der Waals surface area contributed by atoms with Gasteiger partial charge >= 0.3 is 0 Å². The lowest BCUT2D eigenvalue weighted by molar-refractivity contribution is 0.131. The first-order valence-electron chi connectivity index (χ1n) is 8.53. The van der Waals surface area contributed by atoms with Crippen LogP contribution in [-0.2, 0) is 6.54 Å². The normalized spacial score (nSPS) is 26.7. The van der Waals surface area contributed by atoms with Crippen LogP contribution in [0, 0.1) is 17.8 Å². The Balaban J connectivity index is 1.91. The third kappa shape index (κ3) is 4.86. The topological polar surface area (TPSA) is 28.4 Å². The summed E-state index contributed by atoms with van der Waals surface area (Å²) in [5, 5.41) is 3.71. The van der Waals surface area contributed by atoms with E-state index in [-0.39, 0.29) is 0 Å². The van der Waals surface area contributed by atoms with E-state index in [0.717, 1.165) is 30.8 Å². The molecule has 21 heavy (non-hydrogen) atoms. The van der Waals surface area contributed by atoms with Crippen LogP contribution in [0.2, 0.25) is 0 Å². The Morgan fingerprint density at radius 3 is 2.81 bits per heavy atom. The van der Waals surface area contributed by atoms with E-state index in [1.54, 1.807) is 6.26 Å². The van der Waals surface area contributed by atoms with Crippen LogP contribution < -0.4 is 5.32 Å².